The van der Waals surface area contributed by atoms with Gasteiger partial charge in [-0.2, -0.15) is 0 Å². The van der Waals surface area contributed by atoms with Crippen molar-refractivity contribution in [2.45, 2.75) is 25.8 Å². The fourth-order valence-electron chi connectivity index (χ4n) is 1.26. The van der Waals surface area contributed by atoms with Crippen LogP contribution in [0.1, 0.15) is 29.4 Å². The third-order valence-electron chi connectivity index (χ3n) is 2.08. The topological polar surface area (TPSA) is 72.2 Å². The van der Waals surface area contributed by atoms with Crippen LogP contribution < -0.4 is 5.32 Å². The molecule has 17 heavy (non-hydrogen) atoms. The number of rotatable bonds is 5. The first-order chi connectivity index (χ1) is 8.08. The quantitative estimate of drug-likeness (QED) is 0.496. The van der Waals surface area contributed by atoms with E-state index in [0.29, 0.717) is 11.3 Å². The van der Waals surface area contributed by atoms with Crippen LogP contribution in [0.3, 0.4) is 0 Å². The highest BCUT2D eigenvalue weighted by molar-refractivity contribution is 7.17. The van der Waals surface area contributed by atoms with E-state index in [1.807, 2.05) is 6.92 Å². The van der Waals surface area contributed by atoms with E-state index in [1.165, 1.54) is 12.1 Å². The predicted octanol–water partition coefficient (Wildman–Crippen LogP) is 2.19. The van der Waals surface area contributed by atoms with Gasteiger partial charge < -0.3 is 5.32 Å². The van der Waals surface area contributed by atoms with E-state index >= 15 is 0 Å². The van der Waals surface area contributed by atoms with Gasteiger partial charge >= 0.3 is 5.00 Å². The Bertz CT molecular complexity index is 462. The first kappa shape index (κ1) is 13.2. The average Bonchev–Trinajstić information content (AvgIpc) is 2.77. The second kappa shape index (κ2) is 6.01. The SMILES string of the molecule is C#CC(CCC)NC(=O)c1ccc([N+](=O)[O-])s1. The molecule has 90 valence electrons. The lowest BCUT2D eigenvalue weighted by Crippen LogP contribution is -2.33. The summed E-state index contributed by atoms with van der Waals surface area (Å²) in [5.41, 5.74) is 0. The number of nitrogens with one attached hydrogen (secondary N) is 1. The van der Waals surface area contributed by atoms with Gasteiger partial charge in [0.1, 0.15) is 0 Å². The number of nitrogens with zero attached hydrogens (tertiary/aromatic N) is 1. The number of amides is 1. The maximum absolute atomic E-state index is 11.7. The van der Waals surface area contributed by atoms with Gasteiger partial charge in [-0.3, -0.25) is 14.9 Å². The number of thiophene rings is 1. The van der Waals surface area contributed by atoms with E-state index < -0.39 is 4.92 Å². The van der Waals surface area contributed by atoms with E-state index in [9.17, 15) is 14.9 Å². The fourth-order valence-corrected chi connectivity index (χ4v) is 1.99. The van der Waals surface area contributed by atoms with E-state index in [-0.39, 0.29) is 17.0 Å². The number of terminal acetylenes is 1. The Morgan fingerprint density at radius 1 is 1.71 bits per heavy atom. The van der Waals surface area contributed by atoms with E-state index in [1.54, 1.807) is 0 Å². The molecule has 1 heterocycles. The Labute approximate surface area is 103 Å². The van der Waals surface area contributed by atoms with Gasteiger partial charge in [0.2, 0.25) is 0 Å². The normalized spacial score (nSPS) is 11.5. The summed E-state index contributed by atoms with van der Waals surface area (Å²) < 4.78 is 0. The van der Waals surface area contributed by atoms with Crippen molar-refractivity contribution in [2.24, 2.45) is 0 Å². The number of nitro groups is 1. The molecule has 1 amide bonds. The van der Waals surface area contributed by atoms with Crippen LogP contribution in [0.4, 0.5) is 5.00 Å². The third-order valence-corrected chi connectivity index (χ3v) is 3.12. The molecule has 1 aromatic rings. The molecular weight excluding hydrogens is 240 g/mol. The molecule has 0 aliphatic carbocycles. The molecule has 0 aromatic carbocycles. The molecule has 0 aliphatic heterocycles. The highest BCUT2D eigenvalue weighted by Crippen LogP contribution is 2.23. The number of hydrogen-bond donors (Lipinski definition) is 1. The van der Waals surface area contributed by atoms with Crippen LogP contribution in [0, 0.1) is 22.5 Å². The first-order valence-corrected chi connectivity index (χ1v) is 5.91. The smallest absolute Gasteiger partial charge is 0.324 e. The number of carbonyl (C=O) groups excluding carboxylic acids is 1. The minimum absolute atomic E-state index is 0.0529. The zero-order valence-corrected chi connectivity index (χ0v) is 10.1. The summed E-state index contributed by atoms with van der Waals surface area (Å²) in [5.74, 6) is 2.11. The Morgan fingerprint density at radius 3 is 2.88 bits per heavy atom. The van der Waals surface area contributed by atoms with Crippen molar-refractivity contribution in [3.05, 3.63) is 27.1 Å². The monoisotopic (exact) mass is 252 g/mol. The first-order valence-electron chi connectivity index (χ1n) is 5.09. The van der Waals surface area contributed by atoms with E-state index in [0.717, 1.165) is 17.8 Å². The molecule has 0 fully saturated rings. The molecule has 1 atom stereocenters. The molecule has 1 N–H and O–H groups in total. The summed E-state index contributed by atoms with van der Waals surface area (Å²) in [6.45, 7) is 1.96. The van der Waals surface area contributed by atoms with Gasteiger partial charge in [-0.05, 0) is 12.5 Å². The fraction of sp³-hybridized carbons (Fsp3) is 0.364. The highest BCUT2D eigenvalue weighted by Gasteiger charge is 2.17. The molecular formula is C11H12N2O3S. The molecule has 0 spiro atoms. The van der Waals surface area contributed by atoms with Gasteiger partial charge in [-0.15, -0.1) is 6.42 Å². The van der Waals surface area contributed by atoms with Crippen molar-refractivity contribution in [1.29, 1.82) is 0 Å². The zero-order valence-electron chi connectivity index (χ0n) is 9.30. The summed E-state index contributed by atoms with van der Waals surface area (Å²) in [7, 11) is 0. The summed E-state index contributed by atoms with van der Waals surface area (Å²) in [6, 6.07) is 2.41. The van der Waals surface area contributed by atoms with Gasteiger partial charge in [0.05, 0.1) is 15.8 Å². The minimum Gasteiger partial charge on any atom is -0.338 e. The van der Waals surface area contributed by atoms with Crippen molar-refractivity contribution in [1.82, 2.24) is 5.32 Å². The molecule has 1 unspecified atom stereocenters. The van der Waals surface area contributed by atoms with Crippen molar-refractivity contribution in [2.75, 3.05) is 0 Å². The van der Waals surface area contributed by atoms with Crippen molar-refractivity contribution >= 4 is 22.2 Å². The number of hydrogen-bond acceptors (Lipinski definition) is 4. The lowest BCUT2D eigenvalue weighted by Gasteiger charge is -2.10. The average molecular weight is 252 g/mol. The molecule has 0 radical (unpaired) electrons. The van der Waals surface area contributed by atoms with Crippen molar-refractivity contribution < 1.29 is 9.72 Å². The Kier molecular flexibility index (Phi) is 4.67. The van der Waals surface area contributed by atoms with Gasteiger partial charge in [0.15, 0.2) is 0 Å². The van der Waals surface area contributed by atoms with Gasteiger partial charge in [0.25, 0.3) is 5.91 Å². The van der Waals surface area contributed by atoms with Crippen LogP contribution in [-0.2, 0) is 0 Å². The molecule has 0 saturated carbocycles. The van der Waals surface area contributed by atoms with Crippen molar-refractivity contribution in [3.8, 4) is 12.3 Å². The van der Waals surface area contributed by atoms with Gasteiger partial charge in [-0.25, -0.2) is 0 Å². The lowest BCUT2D eigenvalue weighted by molar-refractivity contribution is -0.380. The van der Waals surface area contributed by atoms with Gasteiger partial charge in [0, 0.05) is 6.07 Å². The molecule has 0 bridgehead atoms. The van der Waals surface area contributed by atoms with Crippen molar-refractivity contribution in [3.63, 3.8) is 0 Å². The van der Waals surface area contributed by atoms with E-state index in [2.05, 4.69) is 11.2 Å². The van der Waals surface area contributed by atoms with Crippen LogP contribution in [0.5, 0.6) is 0 Å². The Balaban J connectivity index is 2.69. The molecule has 6 heteroatoms. The summed E-state index contributed by atoms with van der Waals surface area (Å²) in [6.07, 6.45) is 6.82. The standard InChI is InChI=1S/C11H12N2O3S/c1-3-5-8(4-2)12-11(14)9-6-7-10(17-9)13(15)16/h2,6-8H,3,5H2,1H3,(H,12,14). The number of carbonyl (C=O) groups is 1. The maximum atomic E-state index is 11.7. The Morgan fingerprint density at radius 2 is 2.41 bits per heavy atom. The van der Waals surface area contributed by atoms with Crippen LogP contribution in [0.2, 0.25) is 0 Å². The molecule has 1 rings (SSSR count). The molecule has 5 nitrogen and oxygen atoms in total. The lowest BCUT2D eigenvalue weighted by atomic mass is 10.2. The van der Waals surface area contributed by atoms with Crippen LogP contribution in [0.25, 0.3) is 0 Å². The van der Waals surface area contributed by atoms with Crippen LogP contribution in [-0.4, -0.2) is 16.9 Å². The summed E-state index contributed by atoms with van der Waals surface area (Å²) in [4.78, 5) is 22.0. The highest BCUT2D eigenvalue weighted by atomic mass is 32.1. The zero-order chi connectivity index (χ0) is 12.8. The second-order valence-electron chi connectivity index (χ2n) is 3.38. The molecule has 0 aliphatic rings. The van der Waals surface area contributed by atoms with Crippen LogP contribution >= 0.6 is 11.3 Å². The molecule has 0 saturated heterocycles. The Hall–Kier alpha value is -1.87. The maximum Gasteiger partial charge on any atom is 0.324 e. The third kappa shape index (κ3) is 3.57. The van der Waals surface area contributed by atoms with Gasteiger partial charge in [-0.1, -0.05) is 30.6 Å². The largest absolute Gasteiger partial charge is 0.338 e. The summed E-state index contributed by atoms with van der Waals surface area (Å²) >= 11 is 0.840. The predicted molar refractivity (Wildman–Crippen MR) is 66.0 cm³/mol. The summed E-state index contributed by atoms with van der Waals surface area (Å²) in [5, 5.41) is 13.1. The minimum atomic E-state index is -0.522. The van der Waals surface area contributed by atoms with Crippen LogP contribution in [0.15, 0.2) is 12.1 Å². The molecule has 1 aromatic heterocycles. The van der Waals surface area contributed by atoms with E-state index in [4.69, 9.17) is 6.42 Å². The second-order valence-corrected chi connectivity index (χ2v) is 4.44.